The van der Waals surface area contributed by atoms with Crippen molar-refractivity contribution in [2.45, 2.75) is 6.54 Å². The molecule has 0 unspecified atom stereocenters. The summed E-state index contributed by atoms with van der Waals surface area (Å²) in [4.78, 5) is 12.6. The van der Waals surface area contributed by atoms with Crippen molar-refractivity contribution in [1.82, 2.24) is 9.78 Å². The lowest BCUT2D eigenvalue weighted by atomic mass is 10.1. The number of anilines is 1. The standard InChI is InChI=1S/C19H17BrClN3O3/c1-26-14-7-8-15(17(9-14)27-2)19(25)22-18-16(20)11-24(23-18)10-12-3-5-13(21)6-4-12/h3-9,11H,10H2,1-2H3,(H,22,23,25). The Bertz CT molecular complexity index is 957. The van der Waals surface area contributed by atoms with Gasteiger partial charge in [-0.15, -0.1) is 0 Å². The van der Waals surface area contributed by atoms with Gasteiger partial charge >= 0.3 is 0 Å². The fourth-order valence-corrected chi connectivity index (χ4v) is 3.04. The second kappa shape index (κ2) is 8.45. The number of methoxy groups -OCH3 is 2. The van der Waals surface area contributed by atoms with Crippen molar-refractivity contribution in [3.05, 3.63) is 69.3 Å². The number of rotatable bonds is 6. The molecule has 1 heterocycles. The van der Waals surface area contributed by atoms with Crippen LogP contribution in [0.5, 0.6) is 11.5 Å². The topological polar surface area (TPSA) is 65.4 Å². The molecule has 8 heteroatoms. The van der Waals surface area contributed by atoms with E-state index in [4.69, 9.17) is 21.1 Å². The lowest BCUT2D eigenvalue weighted by Crippen LogP contribution is -2.14. The quantitative estimate of drug-likeness (QED) is 0.595. The molecule has 1 amide bonds. The van der Waals surface area contributed by atoms with Crippen LogP contribution in [0.25, 0.3) is 0 Å². The SMILES string of the molecule is COc1ccc(C(=O)Nc2nn(Cc3ccc(Cl)cc3)cc2Br)c(OC)c1. The molecule has 1 N–H and O–H groups in total. The van der Waals surface area contributed by atoms with E-state index in [0.717, 1.165) is 5.56 Å². The molecule has 27 heavy (non-hydrogen) atoms. The third-order valence-corrected chi connectivity index (χ3v) is 4.69. The number of ether oxygens (including phenoxy) is 2. The molecule has 1 aromatic heterocycles. The molecule has 0 fully saturated rings. The highest BCUT2D eigenvalue weighted by Crippen LogP contribution is 2.27. The van der Waals surface area contributed by atoms with Crippen molar-refractivity contribution < 1.29 is 14.3 Å². The fraction of sp³-hybridized carbons (Fsp3) is 0.158. The molecule has 3 aromatic rings. The number of hydrogen-bond acceptors (Lipinski definition) is 4. The van der Waals surface area contributed by atoms with Crippen LogP contribution in [0.1, 0.15) is 15.9 Å². The second-order valence-corrected chi connectivity index (χ2v) is 6.96. The van der Waals surface area contributed by atoms with Crippen LogP contribution in [0.2, 0.25) is 5.02 Å². The van der Waals surface area contributed by atoms with Gasteiger partial charge in [-0.3, -0.25) is 9.48 Å². The summed E-state index contributed by atoms with van der Waals surface area (Å²) in [6.07, 6.45) is 1.80. The number of carbonyl (C=O) groups is 1. The minimum Gasteiger partial charge on any atom is -0.497 e. The third-order valence-electron chi connectivity index (χ3n) is 3.86. The minimum absolute atomic E-state index is 0.327. The number of nitrogens with one attached hydrogen (secondary N) is 1. The van der Waals surface area contributed by atoms with Gasteiger partial charge in [0.05, 0.1) is 30.8 Å². The Balaban J connectivity index is 1.77. The summed E-state index contributed by atoms with van der Waals surface area (Å²) in [5.41, 5.74) is 1.43. The Morgan fingerprint density at radius 2 is 1.93 bits per heavy atom. The molecule has 3 rings (SSSR count). The summed E-state index contributed by atoms with van der Waals surface area (Å²) in [5.74, 6) is 1.12. The van der Waals surface area contributed by atoms with E-state index >= 15 is 0 Å². The van der Waals surface area contributed by atoms with Crippen LogP contribution in [0.4, 0.5) is 5.82 Å². The number of nitrogens with zero attached hydrogens (tertiary/aromatic N) is 2. The maximum Gasteiger partial charge on any atom is 0.260 e. The molecule has 0 saturated carbocycles. The Hall–Kier alpha value is -2.51. The van der Waals surface area contributed by atoms with Crippen molar-refractivity contribution >= 4 is 39.3 Å². The highest BCUT2D eigenvalue weighted by atomic mass is 79.9. The molecule has 0 radical (unpaired) electrons. The molecule has 140 valence electrons. The summed E-state index contributed by atoms with van der Waals surface area (Å²) in [6, 6.07) is 12.5. The maximum absolute atomic E-state index is 12.6. The lowest BCUT2D eigenvalue weighted by molar-refractivity contribution is 0.102. The van der Waals surface area contributed by atoms with Gasteiger partial charge in [0.2, 0.25) is 0 Å². The van der Waals surface area contributed by atoms with Gasteiger partial charge in [0, 0.05) is 17.3 Å². The first-order valence-corrected chi connectivity index (χ1v) is 9.18. The van der Waals surface area contributed by atoms with Crippen molar-refractivity contribution in [2.24, 2.45) is 0 Å². The van der Waals surface area contributed by atoms with Crippen LogP contribution in [-0.4, -0.2) is 29.9 Å². The highest BCUT2D eigenvalue weighted by molar-refractivity contribution is 9.10. The molecule has 0 aliphatic rings. The van der Waals surface area contributed by atoms with E-state index < -0.39 is 0 Å². The smallest absolute Gasteiger partial charge is 0.260 e. The molecular formula is C19H17BrClN3O3. The first-order chi connectivity index (χ1) is 13.0. The Morgan fingerprint density at radius 3 is 2.59 bits per heavy atom. The summed E-state index contributed by atoms with van der Waals surface area (Å²) in [7, 11) is 3.06. The predicted molar refractivity (Wildman–Crippen MR) is 108 cm³/mol. The molecule has 2 aromatic carbocycles. The zero-order valence-corrected chi connectivity index (χ0v) is 17.0. The number of aromatic nitrogens is 2. The molecule has 0 atom stereocenters. The van der Waals surface area contributed by atoms with Gasteiger partial charge in [0.25, 0.3) is 5.91 Å². The number of benzene rings is 2. The monoisotopic (exact) mass is 449 g/mol. The van der Waals surface area contributed by atoms with E-state index in [0.29, 0.717) is 38.9 Å². The van der Waals surface area contributed by atoms with E-state index in [1.165, 1.54) is 7.11 Å². The third kappa shape index (κ3) is 4.61. The molecule has 0 bridgehead atoms. The van der Waals surface area contributed by atoms with Gasteiger partial charge in [0.15, 0.2) is 5.82 Å². The zero-order valence-electron chi connectivity index (χ0n) is 14.7. The second-order valence-electron chi connectivity index (χ2n) is 5.67. The number of amides is 1. The lowest BCUT2D eigenvalue weighted by Gasteiger charge is -2.10. The molecule has 6 nitrogen and oxygen atoms in total. The van der Waals surface area contributed by atoms with Crippen LogP contribution < -0.4 is 14.8 Å². The van der Waals surface area contributed by atoms with Crippen LogP contribution in [0, 0.1) is 0 Å². The van der Waals surface area contributed by atoms with Crippen LogP contribution in [-0.2, 0) is 6.54 Å². The van der Waals surface area contributed by atoms with E-state index in [1.807, 2.05) is 24.3 Å². The van der Waals surface area contributed by atoms with E-state index in [2.05, 4.69) is 26.3 Å². The van der Waals surface area contributed by atoms with Gasteiger partial charge in [-0.25, -0.2) is 0 Å². The van der Waals surface area contributed by atoms with Gasteiger partial charge < -0.3 is 14.8 Å². The highest BCUT2D eigenvalue weighted by Gasteiger charge is 2.16. The van der Waals surface area contributed by atoms with E-state index in [9.17, 15) is 4.79 Å². The summed E-state index contributed by atoms with van der Waals surface area (Å²) in [6.45, 7) is 0.553. The Kier molecular flexibility index (Phi) is 6.03. The van der Waals surface area contributed by atoms with Gasteiger partial charge in [-0.1, -0.05) is 23.7 Å². The number of carbonyl (C=O) groups excluding carboxylic acids is 1. The normalized spacial score (nSPS) is 10.5. The van der Waals surface area contributed by atoms with E-state index in [-0.39, 0.29) is 5.91 Å². The van der Waals surface area contributed by atoms with Crippen molar-refractivity contribution in [2.75, 3.05) is 19.5 Å². The maximum atomic E-state index is 12.6. The first kappa shape index (κ1) is 19.3. The largest absolute Gasteiger partial charge is 0.497 e. The predicted octanol–water partition coefficient (Wildman–Crippen LogP) is 4.62. The summed E-state index contributed by atoms with van der Waals surface area (Å²) in [5, 5.41) is 7.90. The minimum atomic E-state index is -0.327. The Morgan fingerprint density at radius 1 is 1.19 bits per heavy atom. The fourth-order valence-electron chi connectivity index (χ4n) is 2.50. The van der Waals surface area contributed by atoms with Crippen LogP contribution in [0.3, 0.4) is 0 Å². The van der Waals surface area contributed by atoms with Crippen molar-refractivity contribution in [3.8, 4) is 11.5 Å². The number of hydrogen-bond donors (Lipinski definition) is 1. The summed E-state index contributed by atoms with van der Waals surface area (Å²) < 4.78 is 12.8. The summed E-state index contributed by atoms with van der Waals surface area (Å²) >= 11 is 9.34. The average Bonchev–Trinajstić information content (AvgIpc) is 3.01. The number of halogens is 2. The molecule has 0 aliphatic carbocycles. The van der Waals surface area contributed by atoms with Crippen molar-refractivity contribution in [1.29, 1.82) is 0 Å². The Labute approximate surface area is 170 Å². The van der Waals surface area contributed by atoms with Crippen molar-refractivity contribution in [3.63, 3.8) is 0 Å². The first-order valence-electron chi connectivity index (χ1n) is 8.01. The zero-order chi connectivity index (χ0) is 19.4. The molecule has 0 spiro atoms. The van der Waals surface area contributed by atoms with Crippen LogP contribution >= 0.6 is 27.5 Å². The molecular weight excluding hydrogens is 434 g/mol. The van der Waals surface area contributed by atoms with Gasteiger partial charge in [-0.05, 0) is 45.8 Å². The van der Waals surface area contributed by atoms with Crippen LogP contribution in [0.15, 0.2) is 53.1 Å². The van der Waals surface area contributed by atoms with E-state index in [1.54, 1.807) is 36.2 Å². The van der Waals surface area contributed by atoms with Gasteiger partial charge in [-0.2, -0.15) is 5.10 Å². The molecule has 0 saturated heterocycles. The van der Waals surface area contributed by atoms with Gasteiger partial charge in [0.1, 0.15) is 11.5 Å². The average molecular weight is 451 g/mol. The molecule has 0 aliphatic heterocycles.